The molecule has 23 heavy (non-hydrogen) atoms. The second-order valence-electron chi connectivity index (χ2n) is 5.30. The van der Waals surface area contributed by atoms with Crippen molar-refractivity contribution in [3.05, 3.63) is 46.5 Å². The summed E-state index contributed by atoms with van der Waals surface area (Å²) in [4.78, 5) is 25.2. The zero-order valence-corrected chi connectivity index (χ0v) is 13.8. The highest BCUT2D eigenvalue weighted by atomic mass is 32.1. The number of amides is 2. The zero-order chi connectivity index (χ0) is 16.7. The summed E-state index contributed by atoms with van der Waals surface area (Å²) in [5, 5.41) is 8.50. The van der Waals surface area contributed by atoms with Gasteiger partial charge in [-0.3, -0.25) is 9.59 Å². The summed E-state index contributed by atoms with van der Waals surface area (Å²) in [5.41, 5.74) is 2.42. The van der Waals surface area contributed by atoms with Gasteiger partial charge < -0.3 is 9.73 Å². The molecular weight excluding hydrogens is 314 g/mol. The SMILES string of the molecule is CC(C)C(NC(=O)Cc1cccs1)C(=O)NN=Cc1ccco1. The molecule has 0 aliphatic heterocycles. The number of nitrogens with one attached hydrogen (secondary N) is 2. The largest absolute Gasteiger partial charge is 0.463 e. The maximum atomic E-state index is 12.2. The van der Waals surface area contributed by atoms with Crippen molar-refractivity contribution in [3.8, 4) is 0 Å². The fourth-order valence-electron chi connectivity index (χ4n) is 1.92. The standard InChI is InChI=1S/C16H19N3O3S/c1-11(2)15(18-14(20)9-13-6-4-8-23-13)16(21)19-17-10-12-5-3-7-22-12/h3-8,10-11,15H,9H2,1-2H3,(H,18,20)(H,19,21). The lowest BCUT2D eigenvalue weighted by atomic mass is 10.0. The first-order chi connectivity index (χ1) is 11.1. The Morgan fingerprint density at radius 3 is 2.78 bits per heavy atom. The maximum absolute atomic E-state index is 12.2. The molecule has 0 saturated carbocycles. The number of thiophene rings is 1. The monoisotopic (exact) mass is 333 g/mol. The van der Waals surface area contributed by atoms with Crippen molar-refractivity contribution in [3.63, 3.8) is 0 Å². The van der Waals surface area contributed by atoms with Crippen LogP contribution in [0.4, 0.5) is 0 Å². The second kappa shape index (κ2) is 8.28. The summed E-state index contributed by atoms with van der Waals surface area (Å²) in [6.07, 6.45) is 3.19. The summed E-state index contributed by atoms with van der Waals surface area (Å²) in [6.45, 7) is 3.73. The molecule has 2 aromatic rings. The Morgan fingerprint density at radius 2 is 2.17 bits per heavy atom. The molecule has 0 aliphatic rings. The number of rotatable bonds is 7. The van der Waals surface area contributed by atoms with Crippen molar-refractivity contribution >= 4 is 29.4 Å². The van der Waals surface area contributed by atoms with Crippen molar-refractivity contribution in [2.75, 3.05) is 0 Å². The Labute approximate surface area is 138 Å². The Bertz CT molecular complexity index is 648. The van der Waals surface area contributed by atoms with Crippen molar-refractivity contribution in [1.29, 1.82) is 0 Å². The van der Waals surface area contributed by atoms with Crippen molar-refractivity contribution in [1.82, 2.24) is 10.7 Å². The van der Waals surface area contributed by atoms with Crippen LogP contribution in [0.15, 0.2) is 45.4 Å². The van der Waals surface area contributed by atoms with E-state index in [0.29, 0.717) is 5.76 Å². The van der Waals surface area contributed by atoms with Crippen LogP contribution in [0.2, 0.25) is 0 Å². The lowest BCUT2D eigenvalue weighted by Gasteiger charge is -2.20. The molecule has 0 radical (unpaired) electrons. The van der Waals surface area contributed by atoms with Crippen LogP contribution in [0.3, 0.4) is 0 Å². The lowest BCUT2D eigenvalue weighted by Crippen LogP contribution is -2.49. The van der Waals surface area contributed by atoms with Gasteiger partial charge in [-0.05, 0) is 29.5 Å². The van der Waals surface area contributed by atoms with Crippen molar-refractivity contribution in [2.45, 2.75) is 26.3 Å². The number of carbonyl (C=O) groups is 2. The fraction of sp³-hybridized carbons (Fsp3) is 0.312. The Balaban J connectivity index is 1.89. The highest BCUT2D eigenvalue weighted by molar-refractivity contribution is 7.10. The Kier molecular flexibility index (Phi) is 6.10. The highest BCUT2D eigenvalue weighted by Crippen LogP contribution is 2.10. The minimum absolute atomic E-state index is 0.0545. The molecule has 7 heteroatoms. The van der Waals surface area contributed by atoms with Gasteiger partial charge in [-0.2, -0.15) is 5.10 Å². The quantitative estimate of drug-likeness (QED) is 0.602. The van der Waals surface area contributed by atoms with E-state index in [9.17, 15) is 9.59 Å². The summed E-state index contributed by atoms with van der Waals surface area (Å²) in [5.74, 6) is -0.0622. The average Bonchev–Trinajstić information content (AvgIpc) is 3.17. The minimum Gasteiger partial charge on any atom is -0.463 e. The summed E-state index contributed by atoms with van der Waals surface area (Å²) < 4.78 is 5.08. The van der Waals surface area contributed by atoms with Crippen LogP contribution in [-0.4, -0.2) is 24.1 Å². The molecule has 6 nitrogen and oxygen atoms in total. The topological polar surface area (TPSA) is 83.7 Å². The number of nitrogens with zero attached hydrogens (tertiary/aromatic N) is 1. The molecule has 0 aliphatic carbocycles. The van der Waals surface area contributed by atoms with Gasteiger partial charge in [0.15, 0.2) is 0 Å². The maximum Gasteiger partial charge on any atom is 0.262 e. The molecule has 2 N–H and O–H groups in total. The molecule has 0 bridgehead atoms. The van der Waals surface area contributed by atoms with E-state index in [1.54, 1.807) is 12.1 Å². The third-order valence-corrected chi connectivity index (χ3v) is 3.97. The summed E-state index contributed by atoms with van der Waals surface area (Å²) >= 11 is 1.51. The minimum atomic E-state index is -0.642. The van der Waals surface area contributed by atoms with Crippen molar-refractivity contribution in [2.24, 2.45) is 11.0 Å². The molecule has 0 fully saturated rings. The smallest absolute Gasteiger partial charge is 0.262 e. The van der Waals surface area contributed by atoms with E-state index in [-0.39, 0.29) is 24.2 Å². The molecule has 0 aromatic carbocycles. The molecule has 0 saturated heterocycles. The van der Waals surface area contributed by atoms with Gasteiger partial charge in [-0.25, -0.2) is 5.43 Å². The average molecular weight is 333 g/mol. The predicted octanol–water partition coefficient (Wildman–Crippen LogP) is 2.17. The van der Waals surface area contributed by atoms with E-state index >= 15 is 0 Å². The van der Waals surface area contributed by atoms with Gasteiger partial charge in [0.1, 0.15) is 11.8 Å². The van der Waals surface area contributed by atoms with Gasteiger partial charge in [-0.1, -0.05) is 19.9 Å². The molecule has 1 atom stereocenters. The number of hydrogen-bond donors (Lipinski definition) is 2. The van der Waals surface area contributed by atoms with E-state index in [1.807, 2.05) is 31.4 Å². The van der Waals surface area contributed by atoms with E-state index in [4.69, 9.17) is 4.42 Å². The second-order valence-corrected chi connectivity index (χ2v) is 6.33. The van der Waals surface area contributed by atoms with Gasteiger partial charge in [0, 0.05) is 4.88 Å². The van der Waals surface area contributed by atoms with Gasteiger partial charge in [0.2, 0.25) is 5.91 Å². The fourth-order valence-corrected chi connectivity index (χ4v) is 2.63. The molecule has 2 heterocycles. The van der Waals surface area contributed by atoms with Crippen LogP contribution in [0, 0.1) is 5.92 Å². The molecule has 2 rings (SSSR count). The predicted molar refractivity (Wildman–Crippen MR) is 89.2 cm³/mol. The van der Waals surface area contributed by atoms with Crippen LogP contribution in [-0.2, 0) is 16.0 Å². The van der Waals surface area contributed by atoms with Crippen LogP contribution < -0.4 is 10.7 Å². The normalized spacial score (nSPS) is 12.5. The first kappa shape index (κ1) is 17.0. The molecular formula is C16H19N3O3S. The van der Waals surface area contributed by atoms with Gasteiger partial charge in [0.25, 0.3) is 5.91 Å². The third kappa shape index (κ3) is 5.37. The van der Waals surface area contributed by atoms with E-state index in [1.165, 1.54) is 23.8 Å². The van der Waals surface area contributed by atoms with Crippen LogP contribution in [0.5, 0.6) is 0 Å². The number of hydrogen-bond acceptors (Lipinski definition) is 5. The lowest BCUT2D eigenvalue weighted by molar-refractivity contribution is -0.129. The molecule has 2 aromatic heterocycles. The first-order valence-corrected chi connectivity index (χ1v) is 8.12. The number of carbonyl (C=O) groups excluding carboxylic acids is 2. The number of hydrazone groups is 1. The van der Waals surface area contributed by atoms with Gasteiger partial charge in [0.05, 0.1) is 18.9 Å². The van der Waals surface area contributed by atoms with E-state index in [2.05, 4.69) is 15.8 Å². The van der Waals surface area contributed by atoms with Crippen LogP contribution in [0.1, 0.15) is 24.5 Å². The van der Waals surface area contributed by atoms with Crippen molar-refractivity contribution < 1.29 is 14.0 Å². The highest BCUT2D eigenvalue weighted by Gasteiger charge is 2.24. The number of furan rings is 1. The Hall–Kier alpha value is -2.41. The molecule has 1 unspecified atom stereocenters. The van der Waals surface area contributed by atoms with Crippen LogP contribution in [0.25, 0.3) is 0 Å². The third-order valence-electron chi connectivity index (χ3n) is 3.09. The molecule has 2 amide bonds. The van der Waals surface area contributed by atoms with E-state index < -0.39 is 6.04 Å². The van der Waals surface area contributed by atoms with E-state index in [0.717, 1.165) is 4.88 Å². The van der Waals surface area contributed by atoms with Crippen LogP contribution >= 0.6 is 11.3 Å². The zero-order valence-electron chi connectivity index (χ0n) is 13.0. The molecule has 0 spiro atoms. The summed E-state index contributed by atoms with van der Waals surface area (Å²) in [6, 6.07) is 6.59. The van der Waals surface area contributed by atoms with Gasteiger partial charge in [-0.15, -0.1) is 11.3 Å². The molecule has 122 valence electrons. The summed E-state index contributed by atoms with van der Waals surface area (Å²) in [7, 11) is 0. The Morgan fingerprint density at radius 1 is 1.35 bits per heavy atom. The first-order valence-electron chi connectivity index (χ1n) is 7.24. The van der Waals surface area contributed by atoms with Gasteiger partial charge >= 0.3 is 0 Å².